The molecule has 0 bridgehead atoms. The molecule has 0 aliphatic rings. The van der Waals surface area contributed by atoms with Gasteiger partial charge in [-0.2, -0.15) is 9.78 Å². The molecule has 0 radical (unpaired) electrons. The first-order valence-electron chi connectivity index (χ1n) is 4.74. The molecule has 1 aromatic carbocycles. The number of rotatable bonds is 2. The highest BCUT2D eigenvalue weighted by Crippen LogP contribution is 2.15. The summed E-state index contributed by atoms with van der Waals surface area (Å²) in [5.41, 5.74) is 5.61. The molecule has 0 spiro atoms. The van der Waals surface area contributed by atoms with E-state index in [1.165, 1.54) is 29.1 Å². The van der Waals surface area contributed by atoms with Crippen LogP contribution in [0.1, 0.15) is 10.4 Å². The minimum absolute atomic E-state index is 0.0555. The summed E-state index contributed by atoms with van der Waals surface area (Å²) in [4.78, 5) is 22.5. The fourth-order valence-electron chi connectivity index (χ4n) is 1.42. The molecular weight excluding hydrogens is 224 g/mol. The Morgan fingerprint density at radius 2 is 2.18 bits per heavy atom. The van der Waals surface area contributed by atoms with Gasteiger partial charge in [0.2, 0.25) is 0 Å². The summed E-state index contributed by atoms with van der Waals surface area (Å²) >= 11 is 0. The summed E-state index contributed by atoms with van der Waals surface area (Å²) in [6.07, 6.45) is 1.35. The second-order valence-corrected chi connectivity index (χ2v) is 3.51. The van der Waals surface area contributed by atoms with Gasteiger partial charge in [0.15, 0.2) is 0 Å². The first kappa shape index (κ1) is 10.9. The molecular formula is C10H10N4O3. The number of aromatic carboxylic acids is 1. The van der Waals surface area contributed by atoms with Crippen LogP contribution >= 0.6 is 0 Å². The number of aromatic nitrogens is 3. The molecule has 7 heteroatoms. The summed E-state index contributed by atoms with van der Waals surface area (Å²) in [6, 6.07) is 4.28. The molecule has 0 saturated carbocycles. The normalized spacial score (nSPS) is 10.4. The molecule has 0 saturated heterocycles. The lowest BCUT2D eigenvalue weighted by atomic mass is 10.1. The lowest BCUT2D eigenvalue weighted by molar-refractivity contribution is 0.0698. The van der Waals surface area contributed by atoms with Gasteiger partial charge in [-0.3, -0.25) is 4.57 Å². The van der Waals surface area contributed by atoms with Gasteiger partial charge in [0, 0.05) is 12.7 Å². The quantitative estimate of drug-likeness (QED) is 0.703. The lowest BCUT2D eigenvalue weighted by Gasteiger charge is -2.04. The molecule has 3 N–H and O–H groups in total. The number of carboxylic acids is 1. The third-order valence-electron chi connectivity index (χ3n) is 2.34. The topological polar surface area (TPSA) is 103 Å². The Morgan fingerprint density at radius 3 is 2.71 bits per heavy atom. The molecule has 0 aliphatic heterocycles. The first-order chi connectivity index (χ1) is 8.00. The Bertz CT molecular complexity index is 641. The van der Waals surface area contributed by atoms with Gasteiger partial charge < -0.3 is 10.8 Å². The summed E-state index contributed by atoms with van der Waals surface area (Å²) in [6.45, 7) is 0. The Labute approximate surface area is 95.7 Å². The van der Waals surface area contributed by atoms with Crippen molar-refractivity contribution in [1.29, 1.82) is 0 Å². The number of benzene rings is 1. The van der Waals surface area contributed by atoms with Gasteiger partial charge in [-0.05, 0) is 18.2 Å². The van der Waals surface area contributed by atoms with Crippen LogP contribution in [0.2, 0.25) is 0 Å². The molecule has 1 heterocycles. The first-order valence-corrected chi connectivity index (χ1v) is 4.74. The van der Waals surface area contributed by atoms with Crippen molar-refractivity contribution in [2.24, 2.45) is 7.05 Å². The molecule has 0 atom stereocenters. The number of anilines is 1. The van der Waals surface area contributed by atoms with Crippen LogP contribution in [0.4, 0.5) is 5.69 Å². The van der Waals surface area contributed by atoms with Crippen LogP contribution in [0.15, 0.2) is 29.3 Å². The van der Waals surface area contributed by atoms with Crippen molar-refractivity contribution in [2.75, 3.05) is 5.73 Å². The minimum Gasteiger partial charge on any atom is -0.478 e. The Morgan fingerprint density at radius 1 is 1.47 bits per heavy atom. The summed E-state index contributed by atoms with van der Waals surface area (Å²) in [5, 5.41) is 12.8. The van der Waals surface area contributed by atoms with Crippen molar-refractivity contribution in [2.45, 2.75) is 0 Å². The van der Waals surface area contributed by atoms with E-state index >= 15 is 0 Å². The van der Waals surface area contributed by atoms with Crippen molar-refractivity contribution in [3.05, 3.63) is 40.6 Å². The number of nitrogens with two attached hydrogens (primary N) is 1. The van der Waals surface area contributed by atoms with E-state index in [2.05, 4.69) is 5.10 Å². The van der Waals surface area contributed by atoms with E-state index in [1.54, 1.807) is 7.05 Å². The van der Waals surface area contributed by atoms with Crippen molar-refractivity contribution in [1.82, 2.24) is 14.3 Å². The van der Waals surface area contributed by atoms with Crippen molar-refractivity contribution in [3.8, 4) is 5.69 Å². The number of aryl methyl sites for hydroxylation is 1. The zero-order valence-corrected chi connectivity index (χ0v) is 8.99. The third-order valence-corrected chi connectivity index (χ3v) is 2.34. The van der Waals surface area contributed by atoms with Gasteiger partial charge in [0.1, 0.15) is 6.33 Å². The summed E-state index contributed by atoms with van der Waals surface area (Å²) in [7, 11) is 1.56. The zero-order chi connectivity index (χ0) is 12.6. The third kappa shape index (κ3) is 1.78. The van der Waals surface area contributed by atoms with Gasteiger partial charge in [0.05, 0.1) is 11.3 Å². The number of hydrogen-bond donors (Lipinski definition) is 2. The second kappa shape index (κ2) is 3.78. The molecule has 7 nitrogen and oxygen atoms in total. The Hall–Kier alpha value is -2.57. The smallest absolute Gasteiger partial charge is 0.350 e. The maximum absolute atomic E-state index is 11.6. The largest absolute Gasteiger partial charge is 0.478 e. The van der Waals surface area contributed by atoms with E-state index in [-0.39, 0.29) is 16.9 Å². The van der Waals surface area contributed by atoms with Gasteiger partial charge in [-0.1, -0.05) is 0 Å². The van der Waals surface area contributed by atoms with Gasteiger partial charge in [-0.15, -0.1) is 0 Å². The monoisotopic (exact) mass is 234 g/mol. The summed E-state index contributed by atoms with van der Waals surface area (Å²) < 4.78 is 2.39. The minimum atomic E-state index is -1.15. The molecule has 17 heavy (non-hydrogen) atoms. The average molecular weight is 234 g/mol. The second-order valence-electron chi connectivity index (χ2n) is 3.51. The maximum Gasteiger partial charge on any atom is 0.350 e. The molecule has 2 rings (SSSR count). The van der Waals surface area contributed by atoms with Crippen LogP contribution in [0, 0.1) is 0 Å². The van der Waals surface area contributed by atoms with Crippen LogP contribution in [-0.4, -0.2) is 25.4 Å². The average Bonchev–Trinajstić information content (AvgIpc) is 2.60. The van der Waals surface area contributed by atoms with Crippen LogP contribution in [0.3, 0.4) is 0 Å². The van der Waals surface area contributed by atoms with Crippen LogP contribution in [0.5, 0.6) is 0 Å². The molecule has 0 unspecified atom stereocenters. The van der Waals surface area contributed by atoms with Crippen LogP contribution < -0.4 is 11.4 Å². The fraction of sp³-hybridized carbons (Fsp3) is 0.100. The molecule has 1 aromatic heterocycles. The molecule has 0 aliphatic carbocycles. The highest BCUT2D eigenvalue weighted by Gasteiger charge is 2.11. The fourth-order valence-corrected chi connectivity index (χ4v) is 1.42. The standard InChI is InChI=1S/C10H10N4O3/c1-13-5-12-14(10(13)17)6-2-3-8(11)7(4-6)9(15)16/h2-5H,11H2,1H3,(H,15,16). The predicted molar refractivity (Wildman–Crippen MR) is 60.2 cm³/mol. The number of hydrogen-bond acceptors (Lipinski definition) is 4. The molecule has 0 fully saturated rings. The molecule has 88 valence electrons. The van der Waals surface area contributed by atoms with E-state index in [0.717, 1.165) is 4.68 Å². The highest BCUT2D eigenvalue weighted by molar-refractivity contribution is 5.94. The van der Waals surface area contributed by atoms with Crippen molar-refractivity contribution < 1.29 is 9.90 Å². The van der Waals surface area contributed by atoms with Crippen LogP contribution in [0.25, 0.3) is 5.69 Å². The lowest BCUT2D eigenvalue weighted by Crippen LogP contribution is -2.21. The summed E-state index contributed by atoms with van der Waals surface area (Å²) in [5.74, 6) is -1.15. The number of nitrogens with zero attached hydrogens (tertiary/aromatic N) is 3. The highest BCUT2D eigenvalue weighted by atomic mass is 16.4. The maximum atomic E-state index is 11.6. The Balaban J connectivity index is 2.62. The van der Waals surface area contributed by atoms with Gasteiger partial charge in [0.25, 0.3) is 0 Å². The van der Waals surface area contributed by atoms with E-state index < -0.39 is 5.97 Å². The molecule has 0 amide bonds. The van der Waals surface area contributed by atoms with E-state index in [9.17, 15) is 9.59 Å². The SMILES string of the molecule is Cn1cnn(-c2ccc(N)c(C(=O)O)c2)c1=O. The van der Waals surface area contributed by atoms with E-state index in [4.69, 9.17) is 10.8 Å². The number of carbonyl (C=O) groups is 1. The van der Waals surface area contributed by atoms with Gasteiger partial charge in [-0.25, -0.2) is 9.59 Å². The van der Waals surface area contributed by atoms with E-state index in [1.807, 2.05) is 0 Å². The van der Waals surface area contributed by atoms with Crippen LogP contribution in [-0.2, 0) is 7.05 Å². The van der Waals surface area contributed by atoms with Crippen molar-refractivity contribution >= 4 is 11.7 Å². The van der Waals surface area contributed by atoms with Crippen molar-refractivity contribution in [3.63, 3.8) is 0 Å². The Kier molecular flexibility index (Phi) is 2.43. The van der Waals surface area contributed by atoms with Gasteiger partial charge >= 0.3 is 11.7 Å². The molecule has 2 aromatic rings. The number of nitrogen functional groups attached to an aromatic ring is 1. The van der Waals surface area contributed by atoms with E-state index in [0.29, 0.717) is 5.69 Å². The number of carboxylic acid groups (broad SMARTS) is 1. The predicted octanol–water partition coefficient (Wildman–Crippen LogP) is -0.149. The zero-order valence-electron chi connectivity index (χ0n) is 8.99.